The monoisotopic (exact) mass is 442 g/mol. The molecule has 0 saturated carbocycles. The van der Waals surface area contributed by atoms with Crippen molar-refractivity contribution < 1.29 is 0 Å². The Kier molecular flexibility index (Phi) is 4.30. The minimum Gasteiger partial charge on any atom is -0.226 e. The summed E-state index contributed by atoms with van der Waals surface area (Å²) in [5.41, 5.74) is 7.36. The standard InChI is InChI=1S/C28H14N2S2/c1-30-23(16-29)28-21-10-6-5-9-19(21)20-12-11-18(13-22(20)28)25-15-27-26(32-25)14-24(31-27)17-7-3-2-4-8-17/h2-15H/b28-23-. The molecule has 32 heavy (non-hydrogen) atoms. The number of benzene rings is 3. The molecule has 5 aromatic rings. The topological polar surface area (TPSA) is 28.1 Å². The first-order valence-corrected chi connectivity index (χ1v) is 11.8. The van der Waals surface area contributed by atoms with Gasteiger partial charge in [0, 0.05) is 24.7 Å². The predicted octanol–water partition coefficient (Wildman–Crippen LogP) is 8.48. The molecule has 0 bridgehead atoms. The van der Waals surface area contributed by atoms with Gasteiger partial charge in [0.05, 0.1) is 12.6 Å². The van der Waals surface area contributed by atoms with Crippen molar-refractivity contribution >= 4 is 37.6 Å². The van der Waals surface area contributed by atoms with Crippen LogP contribution in [0.15, 0.2) is 90.6 Å². The van der Waals surface area contributed by atoms with E-state index in [1.165, 1.54) is 24.7 Å². The van der Waals surface area contributed by atoms with Crippen LogP contribution in [0, 0.1) is 17.9 Å². The van der Waals surface area contributed by atoms with Gasteiger partial charge in [-0.3, -0.25) is 0 Å². The minimum atomic E-state index is 0.146. The molecular formula is C28H14N2S2. The Morgan fingerprint density at radius 3 is 2.00 bits per heavy atom. The van der Waals surface area contributed by atoms with E-state index in [-0.39, 0.29) is 5.70 Å². The average Bonchev–Trinajstić information content (AvgIpc) is 3.51. The van der Waals surface area contributed by atoms with Crippen molar-refractivity contribution in [3.8, 4) is 38.1 Å². The van der Waals surface area contributed by atoms with Gasteiger partial charge in [-0.25, -0.2) is 10.1 Å². The highest BCUT2D eigenvalue weighted by atomic mass is 32.1. The van der Waals surface area contributed by atoms with E-state index in [4.69, 9.17) is 6.57 Å². The van der Waals surface area contributed by atoms with Crippen molar-refractivity contribution in [2.45, 2.75) is 0 Å². The van der Waals surface area contributed by atoms with Crippen LogP contribution in [0.3, 0.4) is 0 Å². The zero-order valence-corrected chi connectivity index (χ0v) is 18.4. The van der Waals surface area contributed by atoms with E-state index in [0.717, 1.165) is 33.4 Å². The van der Waals surface area contributed by atoms with Crippen LogP contribution in [0.4, 0.5) is 0 Å². The molecule has 6 rings (SSSR count). The van der Waals surface area contributed by atoms with Gasteiger partial charge in [-0.05, 0) is 51.6 Å². The van der Waals surface area contributed by atoms with E-state index < -0.39 is 0 Å². The average molecular weight is 443 g/mol. The van der Waals surface area contributed by atoms with Crippen molar-refractivity contribution in [2.24, 2.45) is 0 Å². The second kappa shape index (κ2) is 7.32. The smallest absolute Gasteiger partial charge is 0.226 e. The van der Waals surface area contributed by atoms with E-state index in [2.05, 4.69) is 71.6 Å². The molecule has 3 aromatic carbocycles. The highest BCUT2D eigenvalue weighted by molar-refractivity contribution is 7.31. The lowest BCUT2D eigenvalue weighted by Gasteiger charge is -2.06. The van der Waals surface area contributed by atoms with Crippen LogP contribution in [0.25, 0.3) is 51.8 Å². The zero-order valence-electron chi connectivity index (χ0n) is 16.8. The van der Waals surface area contributed by atoms with Crippen molar-refractivity contribution in [3.63, 3.8) is 0 Å². The quantitative estimate of drug-likeness (QED) is 0.195. The summed E-state index contributed by atoms with van der Waals surface area (Å²) in [6, 6.07) is 31.5. The predicted molar refractivity (Wildman–Crippen MR) is 134 cm³/mol. The second-order valence-corrected chi connectivity index (χ2v) is 9.74. The SMILES string of the molecule is [C-]#[N+]/C(C#N)=C1/c2ccccc2-c2ccc(-c3cc4sc(-c5ccccc5)cc4s3)cc21. The van der Waals surface area contributed by atoms with Gasteiger partial charge in [0.1, 0.15) is 0 Å². The highest BCUT2D eigenvalue weighted by Crippen LogP contribution is 2.48. The summed E-state index contributed by atoms with van der Waals surface area (Å²) < 4.78 is 2.56. The van der Waals surface area contributed by atoms with Gasteiger partial charge in [0.15, 0.2) is 0 Å². The fourth-order valence-corrected chi connectivity index (χ4v) is 6.73. The van der Waals surface area contributed by atoms with E-state index in [1.54, 1.807) is 11.3 Å². The van der Waals surface area contributed by atoms with E-state index in [9.17, 15) is 5.26 Å². The molecule has 0 amide bonds. The number of thiophene rings is 2. The van der Waals surface area contributed by atoms with Gasteiger partial charge < -0.3 is 0 Å². The number of fused-ring (bicyclic) bond motifs is 4. The van der Waals surface area contributed by atoms with E-state index >= 15 is 0 Å². The Bertz CT molecular complexity index is 1590. The fourth-order valence-electron chi connectivity index (χ4n) is 4.33. The van der Waals surface area contributed by atoms with Crippen LogP contribution >= 0.6 is 22.7 Å². The van der Waals surface area contributed by atoms with Gasteiger partial charge in [0.25, 0.3) is 5.70 Å². The van der Waals surface area contributed by atoms with Crippen LogP contribution in [-0.2, 0) is 0 Å². The van der Waals surface area contributed by atoms with Crippen LogP contribution in [0.1, 0.15) is 11.1 Å². The first-order chi connectivity index (χ1) is 15.8. The van der Waals surface area contributed by atoms with E-state index in [1.807, 2.05) is 35.6 Å². The number of rotatable bonds is 2. The minimum absolute atomic E-state index is 0.146. The van der Waals surface area contributed by atoms with Gasteiger partial charge in [-0.15, -0.1) is 22.7 Å². The van der Waals surface area contributed by atoms with E-state index in [0.29, 0.717) is 0 Å². The lowest BCUT2D eigenvalue weighted by Crippen LogP contribution is -1.86. The lowest BCUT2D eigenvalue weighted by molar-refractivity contribution is 1.49. The Morgan fingerprint density at radius 1 is 0.688 bits per heavy atom. The number of allylic oxidation sites excluding steroid dienone is 1. The third kappa shape index (κ3) is 2.82. The maximum atomic E-state index is 9.59. The largest absolute Gasteiger partial charge is 0.270 e. The molecule has 0 saturated heterocycles. The first kappa shape index (κ1) is 18.8. The first-order valence-electron chi connectivity index (χ1n) is 10.1. The molecule has 0 aliphatic heterocycles. The van der Waals surface area contributed by atoms with Crippen molar-refractivity contribution in [3.05, 3.63) is 113 Å². The van der Waals surface area contributed by atoms with Crippen molar-refractivity contribution in [1.82, 2.24) is 0 Å². The zero-order chi connectivity index (χ0) is 21.7. The Balaban J connectivity index is 1.48. The van der Waals surface area contributed by atoms with Crippen LogP contribution in [0.2, 0.25) is 0 Å². The Labute approximate surface area is 193 Å². The normalized spacial score (nSPS) is 13.3. The molecular weight excluding hydrogens is 428 g/mol. The lowest BCUT2D eigenvalue weighted by atomic mass is 9.99. The summed E-state index contributed by atoms with van der Waals surface area (Å²) in [6.07, 6.45) is 0. The molecule has 0 atom stereocenters. The summed E-state index contributed by atoms with van der Waals surface area (Å²) >= 11 is 3.60. The summed E-state index contributed by atoms with van der Waals surface area (Å²) in [6.45, 7) is 7.52. The van der Waals surface area contributed by atoms with Gasteiger partial charge in [-0.2, -0.15) is 0 Å². The molecule has 0 fully saturated rings. The molecule has 2 heterocycles. The maximum Gasteiger partial charge on any atom is 0.270 e. The molecule has 0 spiro atoms. The van der Waals surface area contributed by atoms with Crippen molar-refractivity contribution in [2.75, 3.05) is 0 Å². The Hall–Kier alpha value is -3.96. The third-order valence-corrected chi connectivity index (χ3v) is 8.17. The molecule has 1 aliphatic carbocycles. The van der Waals surface area contributed by atoms with Crippen LogP contribution in [-0.4, -0.2) is 0 Å². The molecule has 148 valence electrons. The number of hydrogen-bond donors (Lipinski definition) is 0. The molecule has 4 heteroatoms. The van der Waals surface area contributed by atoms with Gasteiger partial charge in [-0.1, -0.05) is 66.7 Å². The molecule has 0 N–H and O–H groups in total. The van der Waals surface area contributed by atoms with Crippen LogP contribution in [0.5, 0.6) is 0 Å². The molecule has 1 aliphatic rings. The summed E-state index contributed by atoms with van der Waals surface area (Å²) in [5, 5.41) is 9.59. The Morgan fingerprint density at radius 2 is 1.31 bits per heavy atom. The second-order valence-electron chi connectivity index (χ2n) is 7.57. The summed E-state index contributed by atoms with van der Waals surface area (Å²) in [7, 11) is 0. The van der Waals surface area contributed by atoms with Gasteiger partial charge in [0.2, 0.25) is 0 Å². The number of nitrogens with zero attached hydrogens (tertiary/aromatic N) is 2. The fraction of sp³-hybridized carbons (Fsp3) is 0. The third-order valence-electron chi connectivity index (χ3n) is 5.78. The highest BCUT2D eigenvalue weighted by Gasteiger charge is 2.26. The molecule has 0 unspecified atom stereocenters. The summed E-state index contributed by atoms with van der Waals surface area (Å²) in [5.74, 6) is 0. The van der Waals surface area contributed by atoms with Crippen LogP contribution < -0.4 is 0 Å². The van der Waals surface area contributed by atoms with Crippen molar-refractivity contribution in [1.29, 1.82) is 5.26 Å². The molecule has 0 radical (unpaired) electrons. The maximum absolute atomic E-state index is 9.59. The molecule has 2 nitrogen and oxygen atoms in total. The molecule has 2 aromatic heterocycles. The number of nitriles is 1. The number of hydrogen-bond acceptors (Lipinski definition) is 3. The van der Waals surface area contributed by atoms with Gasteiger partial charge >= 0.3 is 0 Å². The summed E-state index contributed by atoms with van der Waals surface area (Å²) in [4.78, 5) is 6.01.